The summed E-state index contributed by atoms with van der Waals surface area (Å²) in [7, 11) is 0. The lowest BCUT2D eigenvalue weighted by Crippen LogP contribution is -1.99. The summed E-state index contributed by atoms with van der Waals surface area (Å²) in [6.45, 7) is 0. The van der Waals surface area contributed by atoms with Crippen LogP contribution in [0.4, 0.5) is 0 Å². The topological polar surface area (TPSA) is 36.1 Å². The number of nitrogens with zero attached hydrogens (tertiary/aromatic N) is 2. The fourth-order valence-corrected chi connectivity index (χ4v) is 8.72. The predicted octanol–water partition coefficient (Wildman–Crippen LogP) is 13.3. The van der Waals surface area contributed by atoms with Crippen LogP contribution in [-0.4, -0.2) is 9.13 Å². The molecular formula is C48H28N2O2. The van der Waals surface area contributed by atoms with Gasteiger partial charge in [0.1, 0.15) is 16.7 Å². The number of hydrogen-bond acceptors (Lipinski definition) is 2. The second-order valence-electron chi connectivity index (χ2n) is 13.6. The Bertz CT molecular complexity index is 3320. The monoisotopic (exact) mass is 664 g/mol. The Kier molecular flexibility index (Phi) is 5.47. The van der Waals surface area contributed by atoms with Crippen LogP contribution in [0, 0.1) is 0 Å². The SMILES string of the molecule is c1ccc2c(c1)oc1c(-c3cccc4c3oc3c(-n5c6ccccc6c6ccccc65)cc(-n5c6ccccc6c6ccccc65)cc34)cccc12. The molecule has 0 N–H and O–H groups in total. The average Bonchev–Trinajstić information content (AvgIpc) is 3.95. The van der Waals surface area contributed by atoms with E-state index in [1.54, 1.807) is 0 Å². The number of hydrogen-bond donors (Lipinski definition) is 0. The lowest BCUT2D eigenvalue weighted by Gasteiger charge is -2.14. The standard InChI is InChI=1S/C48H28N2O2/c1-6-22-40-30(13-1)31-14-2-7-23-41(31)49(40)29-27-39-38-21-12-20-37(36-19-11-18-35-34-17-5-10-26-45(34)51-46(35)36)47(38)52-48(39)44(28-29)50-42-24-8-3-15-32(42)33-16-4-9-25-43(33)50/h1-28H. The molecular weight excluding hydrogens is 637 g/mol. The van der Waals surface area contributed by atoms with E-state index < -0.39 is 0 Å². The van der Waals surface area contributed by atoms with Gasteiger partial charge in [0, 0.05) is 59.9 Å². The number of furan rings is 2. The zero-order valence-electron chi connectivity index (χ0n) is 27.9. The molecule has 12 aromatic rings. The summed E-state index contributed by atoms with van der Waals surface area (Å²) in [5.74, 6) is 0. The van der Waals surface area contributed by atoms with Crippen LogP contribution in [0.1, 0.15) is 0 Å². The van der Waals surface area contributed by atoms with Gasteiger partial charge in [0.15, 0.2) is 5.58 Å². The second-order valence-corrected chi connectivity index (χ2v) is 13.6. The molecule has 0 saturated carbocycles. The van der Waals surface area contributed by atoms with Gasteiger partial charge in [0.05, 0.1) is 27.8 Å². The van der Waals surface area contributed by atoms with E-state index >= 15 is 0 Å². The van der Waals surface area contributed by atoms with Crippen LogP contribution < -0.4 is 0 Å². The highest BCUT2D eigenvalue weighted by molar-refractivity contribution is 6.18. The molecule has 12 rings (SSSR count). The largest absolute Gasteiger partial charge is 0.455 e. The minimum atomic E-state index is 0.840. The van der Waals surface area contributed by atoms with Crippen molar-refractivity contribution in [2.24, 2.45) is 0 Å². The molecule has 0 saturated heterocycles. The molecule has 52 heavy (non-hydrogen) atoms. The lowest BCUT2D eigenvalue weighted by atomic mass is 10.00. The molecule has 0 radical (unpaired) electrons. The molecule has 4 heteroatoms. The van der Waals surface area contributed by atoms with E-state index in [1.165, 1.54) is 32.6 Å². The maximum Gasteiger partial charge on any atom is 0.159 e. The maximum atomic E-state index is 7.19. The van der Waals surface area contributed by atoms with E-state index in [2.05, 4.69) is 167 Å². The van der Waals surface area contributed by atoms with Gasteiger partial charge in [-0.15, -0.1) is 0 Å². The second kappa shape index (κ2) is 10.3. The van der Waals surface area contributed by atoms with Crippen molar-refractivity contribution in [1.29, 1.82) is 0 Å². The normalized spacial score (nSPS) is 12.2. The van der Waals surface area contributed by atoms with Crippen LogP contribution in [0.25, 0.3) is 110 Å². The fraction of sp³-hybridized carbons (Fsp3) is 0. The van der Waals surface area contributed by atoms with Crippen molar-refractivity contribution in [2.45, 2.75) is 0 Å². The first-order chi connectivity index (χ1) is 25.8. The van der Waals surface area contributed by atoms with Crippen LogP contribution in [-0.2, 0) is 0 Å². The molecule has 0 fully saturated rings. The van der Waals surface area contributed by atoms with E-state index in [0.717, 1.165) is 77.4 Å². The summed E-state index contributed by atoms with van der Waals surface area (Å²) in [4.78, 5) is 0. The zero-order chi connectivity index (χ0) is 33.9. The van der Waals surface area contributed by atoms with Crippen molar-refractivity contribution in [3.8, 4) is 22.5 Å². The summed E-state index contributed by atoms with van der Waals surface area (Å²) < 4.78 is 18.5. The third-order valence-corrected chi connectivity index (χ3v) is 10.9. The van der Waals surface area contributed by atoms with Gasteiger partial charge in [-0.05, 0) is 42.5 Å². The van der Waals surface area contributed by atoms with E-state index in [1.807, 2.05) is 12.1 Å². The van der Waals surface area contributed by atoms with Gasteiger partial charge in [-0.1, -0.05) is 127 Å². The summed E-state index contributed by atoms with van der Waals surface area (Å²) in [6.07, 6.45) is 0. The van der Waals surface area contributed by atoms with E-state index in [0.29, 0.717) is 0 Å². The van der Waals surface area contributed by atoms with E-state index in [9.17, 15) is 0 Å². The Hall–Kier alpha value is -7.04. The number of fused-ring (bicyclic) bond motifs is 12. The van der Waals surface area contributed by atoms with Gasteiger partial charge in [0.2, 0.25) is 0 Å². The third kappa shape index (κ3) is 3.65. The highest BCUT2D eigenvalue weighted by Crippen LogP contribution is 2.45. The smallest absolute Gasteiger partial charge is 0.159 e. The van der Waals surface area contributed by atoms with Crippen LogP contribution in [0.5, 0.6) is 0 Å². The number of benzene rings is 8. The molecule has 0 bridgehead atoms. The number of para-hydroxylation sites is 7. The minimum absolute atomic E-state index is 0.840. The predicted molar refractivity (Wildman–Crippen MR) is 215 cm³/mol. The van der Waals surface area contributed by atoms with Crippen molar-refractivity contribution < 1.29 is 8.83 Å². The van der Waals surface area contributed by atoms with Crippen molar-refractivity contribution in [1.82, 2.24) is 9.13 Å². The molecule has 8 aromatic carbocycles. The van der Waals surface area contributed by atoms with Gasteiger partial charge in [0.25, 0.3) is 0 Å². The Morgan fingerprint density at radius 2 is 0.750 bits per heavy atom. The van der Waals surface area contributed by atoms with Gasteiger partial charge in [-0.25, -0.2) is 0 Å². The molecule has 4 heterocycles. The zero-order valence-corrected chi connectivity index (χ0v) is 27.9. The van der Waals surface area contributed by atoms with Crippen molar-refractivity contribution in [3.05, 3.63) is 170 Å². The third-order valence-electron chi connectivity index (χ3n) is 10.9. The summed E-state index contributed by atoms with van der Waals surface area (Å²) in [5, 5.41) is 9.21. The Morgan fingerprint density at radius 1 is 0.308 bits per heavy atom. The molecule has 0 atom stereocenters. The highest BCUT2D eigenvalue weighted by Gasteiger charge is 2.23. The van der Waals surface area contributed by atoms with Gasteiger partial charge >= 0.3 is 0 Å². The molecule has 4 nitrogen and oxygen atoms in total. The minimum Gasteiger partial charge on any atom is -0.455 e. The van der Waals surface area contributed by atoms with Gasteiger partial charge in [-0.2, -0.15) is 0 Å². The quantitative estimate of drug-likeness (QED) is 0.188. The fourth-order valence-electron chi connectivity index (χ4n) is 8.72. The van der Waals surface area contributed by atoms with E-state index in [-0.39, 0.29) is 0 Å². The van der Waals surface area contributed by atoms with Crippen molar-refractivity contribution >= 4 is 87.5 Å². The average molecular weight is 665 g/mol. The summed E-state index contributed by atoms with van der Waals surface area (Å²) in [5.41, 5.74) is 12.1. The molecule has 0 unspecified atom stereocenters. The van der Waals surface area contributed by atoms with Gasteiger partial charge < -0.3 is 18.0 Å². The molecule has 242 valence electrons. The van der Waals surface area contributed by atoms with Crippen LogP contribution >= 0.6 is 0 Å². The van der Waals surface area contributed by atoms with Crippen LogP contribution in [0.2, 0.25) is 0 Å². The Balaban J connectivity index is 1.24. The molecule has 0 spiro atoms. The first-order valence-corrected chi connectivity index (χ1v) is 17.7. The van der Waals surface area contributed by atoms with Crippen LogP contribution in [0.15, 0.2) is 179 Å². The van der Waals surface area contributed by atoms with E-state index in [4.69, 9.17) is 8.83 Å². The summed E-state index contributed by atoms with van der Waals surface area (Å²) in [6, 6.07) is 60.5. The lowest BCUT2D eigenvalue weighted by molar-refractivity contribution is 0.663. The number of rotatable bonds is 3. The molecule has 0 aliphatic heterocycles. The van der Waals surface area contributed by atoms with Gasteiger partial charge in [-0.3, -0.25) is 0 Å². The molecule has 4 aromatic heterocycles. The van der Waals surface area contributed by atoms with Crippen LogP contribution in [0.3, 0.4) is 0 Å². The summed E-state index contributed by atoms with van der Waals surface area (Å²) >= 11 is 0. The van der Waals surface area contributed by atoms with Crippen molar-refractivity contribution in [2.75, 3.05) is 0 Å². The van der Waals surface area contributed by atoms with Crippen molar-refractivity contribution in [3.63, 3.8) is 0 Å². The first-order valence-electron chi connectivity index (χ1n) is 17.7. The first kappa shape index (κ1) is 27.7. The Morgan fingerprint density at radius 3 is 1.33 bits per heavy atom. The number of aromatic nitrogens is 2. The molecule has 0 aliphatic carbocycles. The molecule has 0 amide bonds. The highest BCUT2D eigenvalue weighted by atomic mass is 16.3. The molecule has 0 aliphatic rings. The Labute approximate surface area is 296 Å². The maximum absolute atomic E-state index is 7.19.